The number of nitrogens with zero attached hydrogens (tertiary/aromatic N) is 4. The van der Waals surface area contributed by atoms with Gasteiger partial charge in [-0.15, -0.1) is 5.10 Å². The van der Waals surface area contributed by atoms with E-state index in [9.17, 15) is 4.79 Å². The zero-order valence-electron chi connectivity index (χ0n) is 12.5. The summed E-state index contributed by atoms with van der Waals surface area (Å²) in [5.74, 6) is 0.766. The van der Waals surface area contributed by atoms with Crippen LogP contribution in [0.4, 0.5) is 0 Å². The molecule has 0 bridgehead atoms. The van der Waals surface area contributed by atoms with Crippen molar-refractivity contribution in [1.29, 1.82) is 0 Å². The average Bonchev–Trinajstić information content (AvgIpc) is 2.87. The summed E-state index contributed by atoms with van der Waals surface area (Å²) >= 11 is 0. The number of carbonyl (C=O) groups excluding carboxylic acids is 1. The molecule has 1 aromatic rings. The quantitative estimate of drug-likeness (QED) is 0.845. The van der Waals surface area contributed by atoms with Crippen LogP contribution in [0.5, 0.6) is 0 Å². The molecule has 0 unspecified atom stereocenters. The molecule has 1 fully saturated rings. The van der Waals surface area contributed by atoms with Crippen LogP contribution in [0.15, 0.2) is 6.20 Å². The standard InChI is InChI=1S/C14H25N5O/c1-12(2)8-15-9-13-10-19(17-16-13)11-14(20)18-6-4-3-5-7-18/h10,12,15H,3-9,11H2,1-2H3. The number of likely N-dealkylation sites (tertiary alicyclic amines) is 1. The maximum atomic E-state index is 12.1. The van der Waals surface area contributed by atoms with Crippen LogP contribution in [0, 0.1) is 5.92 Å². The molecule has 0 aromatic carbocycles. The van der Waals surface area contributed by atoms with Crippen LogP contribution >= 0.6 is 0 Å². The van der Waals surface area contributed by atoms with Crippen molar-refractivity contribution in [1.82, 2.24) is 25.2 Å². The zero-order valence-corrected chi connectivity index (χ0v) is 12.5. The Balaban J connectivity index is 1.78. The Morgan fingerprint density at radius 2 is 2.10 bits per heavy atom. The van der Waals surface area contributed by atoms with Crippen LogP contribution in [0.2, 0.25) is 0 Å². The first-order chi connectivity index (χ1) is 9.65. The smallest absolute Gasteiger partial charge is 0.244 e. The Kier molecular flexibility index (Phi) is 5.52. The van der Waals surface area contributed by atoms with Gasteiger partial charge in [0.15, 0.2) is 0 Å². The van der Waals surface area contributed by atoms with Crippen LogP contribution in [0.1, 0.15) is 38.8 Å². The molecular formula is C14H25N5O. The highest BCUT2D eigenvalue weighted by molar-refractivity contribution is 5.75. The second-order valence-electron chi connectivity index (χ2n) is 5.87. The first kappa shape index (κ1) is 15.0. The van der Waals surface area contributed by atoms with Crippen LogP contribution in [-0.4, -0.2) is 45.4 Å². The molecule has 0 aliphatic carbocycles. The van der Waals surface area contributed by atoms with Gasteiger partial charge in [-0.05, 0) is 31.7 Å². The van der Waals surface area contributed by atoms with Gasteiger partial charge in [0.2, 0.25) is 5.91 Å². The van der Waals surface area contributed by atoms with Gasteiger partial charge in [0.05, 0.1) is 11.9 Å². The van der Waals surface area contributed by atoms with E-state index in [2.05, 4.69) is 29.5 Å². The highest BCUT2D eigenvalue weighted by Gasteiger charge is 2.17. The number of hydrogen-bond acceptors (Lipinski definition) is 4. The molecule has 2 heterocycles. The van der Waals surface area contributed by atoms with Crippen LogP contribution in [0.25, 0.3) is 0 Å². The normalized spacial score (nSPS) is 15.8. The molecule has 1 aliphatic rings. The van der Waals surface area contributed by atoms with Crippen molar-refractivity contribution < 1.29 is 4.79 Å². The number of nitrogens with one attached hydrogen (secondary N) is 1. The first-order valence-electron chi connectivity index (χ1n) is 7.52. The van der Waals surface area contributed by atoms with Crippen LogP contribution < -0.4 is 5.32 Å². The Labute approximate surface area is 120 Å². The van der Waals surface area contributed by atoms with Gasteiger partial charge in [0.1, 0.15) is 6.54 Å². The first-order valence-corrected chi connectivity index (χ1v) is 7.52. The maximum absolute atomic E-state index is 12.1. The summed E-state index contributed by atoms with van der Waals surface area (Å²) in [5, 5.41) is 11.4. The fraction of sp³-hybridized carbons (Fsp3) is 0.786. The molecule has 0 atom stereocenters. The van der Waals surface area contributed by atoms with Gasteiger partial charge in [-0.25, -0.2) is 4.68 Å². The van der Waals surface area contributed by atoms with E-state index in [4.69, 9.17) is 0 Å². The lowest BCUT2D eigenvalue weighted by Crippen LogP contribution is -2.37. The van der Waals surface area contributed by atoms with Gasteiger partial charge in [0, 0.05) is 19.6 Å². The fourth-order valence-corrected chi connectivity index (χ4v) is 2.37. The van der Waals surface area contributed by atoms with E-state index >= 15 is 0 Å². The van der Waals surface area contributed by atoms with Crippen molar-refractivity contribution in [3.8, 4) is 0 Å². The van der Waals surface area contributed by atoms with Gasteiger partial charge < -0.3 is 10.2 Å². The van der Waals surface area contributed by atoms with Crippen molar-refractivity contribution in [3.05, 3.63) is 11.9 Å². The second kappa shape index (κ2) is 7.38. The topological polar surface area (TPSA) is 63.1 Å². The molecule has 1 N–H and O–H groups in total. The minimum Gasteiger partial charge on any atom is -0.341 e. The molecule has 6 nitrogen and oxygen atoms in total. The van der Waals surface area contributed by atoms with Crippen LogP contribution in [-0.2, 0) is 17.9 Å². The molecule has 1 aromatic heterocycles. The summed E-state index contributed by atoms with van der Waals surface area (Å²) in [6, 6.07) is 0. The molecular weight excluding hydrogens is 254 g/mol. The molecule has 0 radical (unpaired) electrons. The Hall–Kier alpha value is -1.43. The molecule has 1 saturated heterocycles. The lowest BCUT2D eigenvalue weighted by molar-refractivity contribution is -0.132. The molecule has 1 aliphatic heterocycles. The third kappa shape index (κ3) is 4.59. The Morgan fingerprint density at radius 3 is 2.80 bits per heavy atom. The van der Waals surface area contributed by atoms with E-state index in [-0.39, 0.29) is 5.91 Å². The molecule has 6 heteroatoms. The van der Waals surface area contributed by atoms with Crippen molar-refractivity contribution in [2.45, 2.75) is 46.2 Å². The molecule has 1 amide bonds. The van der Waals surface area contributed by atoms with Crippen molar-refractivity contribution >= 4 is 5.91 Å². The number of amides is 1. The summed E-state index contributed by atoms with van der Waals surface area (Å²) < 4.78 is 1.64. The lowest BCUT2D eigenvalue weighted by atomic mass is 10.1. The molecule has 2 rings (SSSR count). The van der Waals surface area contributed by atoms with E-state index in [0.29, 0.717) is 19.0 Å². The fourth-order valence-electron chi connectivity index (χ4n) is 2.37. The maximum Gasteiger partial charge on any atom is 0.244 e. The SMILES string of the molecule is CC(C)CNCc1cn(CC(=O)N2CCCCC2)nn1. The Morgan fingerprint density at radius 1 is 1.35 bits per heavy atom. The third-order valence-corrected chi connectivity index (χ3v) is 3.45. The monoisotopic (exact) mass is 279 g/mol. The number of aromatic nitrogens is 3. The lowest BCUT2D eigenvalue weighted by Gasteiger charge is -2.26. The van der Waals surface area contributed by atoms with E-state index in [1.165, 1.54) is 6.42 Å². The number of rotatable bonds is 6. The van der Waals surface area contributed by atoms with Gasteiger partial charge in [-0.1, -0.05) is 19.1 Å². The van der Waals surface area contributed by atoms with Crippen molar-refractivity contribution in [3.63, 3.8) is 0 Å². The van der Waals surface area contributed by atoms with Gasteiger partial charge in [0.25, 0.3) is 0 Å². The van der Waals surface area contributed by atoms with E-state index in [1.54, 1.807) is 4.68 Å². The summed E-state index contributed by atoms with van der Waals surface area (Å²) in [7, 11) is 0. The minimum absolute atomic E-state index is 0.149. The van der Waals surface area contributed by atoms with E-state index < -0.39 is 0 Å². The van der Waals surface area contributed by atoms with Crippen molar-refractivity contribution in [2.75, 3.05) is 19.6 Å². The average molecular weight is 279 g/mol. The predicted molar refractivity (Wildman–Crippen MR) is 77.0 cm³/mol. The van der Waals surface area contributed by atoms with E-state index in [1.807, 2.05) is 11.1 Å². The largest absolute Gasteiger partial charge is 0.341 e. The summed E-state index contributed by atoms with van der Waals surface area (Å²) in [5.41, 5.74) is 0.886. The van der Waals surface area contributed by atoms with Gasteiger partial charge >= 0.3 is 0 Å². The molecule has 20 heavy (non-hydrogen) atoms. The summed E-state index contributed by atoms with van der Waals surface area (Å²) in [4.78, 5) is 14.0. The predicted octanol–water partition coefficient (Wildman–Crippen LogP) is 1.04. The zero-order chi connectivity index (χ0) is 14.4. The Bertz CT molecular complexity index is 423. The number of hydrogen-bond donors (Lipinski definition) is 1. The minimum atomic E-state index is 0.149. The highest BCUT2D eigenvalue weighted by atomic mass is 16.2. The summed E-state index contributed by atoms with van der Waals surface area (Å²) in [6.07, 6.45) is 5.33. The van der Waals surface area contributed by atoms with Gasteiger partial charge in [-0.2, -0.15) is 0 Å². The summed E-state index contributed by atoms with van der Waals surface area (Å²) in [6.45, 7) is 8.07. The molecule has 0 spiro atoms. The van der Waals surface area contributed by atoms with Crippen LogP contribution in [0.3, 0.4) is 0 Å². The van der Waals surface area contributed by atoms with Gasteiger partial charge in [-0.3, -0.25) is 4.79 Å². The van der Waals surface area contributed by atoms with E-state index in [0.717, 1.165) is 38.2 Å². The molecule has 0 saturated carbocycles. The molecule has 112 valence electrons. The number of carbonyl (C=O) groups is 1. The second-order valence-corrected chi connectivity index (χ2v) is 5.87. The van der Waals surface area contributed by atoms with Crippen molar-refractivity contribution in [2.24, 2.45) is 5.92 Å². The highest BCUT2D eigenvalue weighted by Crippen LogP contribution is 2.09. The third-order valence-electron chi connectivity index (χ3n) is 3.45. The number of piperidine rings is 1.